The van der Waals surface area contributed by atoms with Gasteiger partial charge in [0.1, 0.15) is 0 Å². The van der Waals surface area contributed by atoms with Gasteiger partial charge in [-0.2, -0.15) is 0 Å². The van der Waals surface area contributed by atoms with E-state index in [2.05, 4.69) is 26.1 Å². The van der Waals surface area contributed by atoms with Crippen LogP contribution in [0.25, 0.3) is 0 Å². The molecule has 4 aliphatic rings. The van der Waals surface area contributed by atoms with E-state index in [1.165, 1.54) is 6.42 Å². The summed E-state index contributed by atoms with van der Waals surface area (Å²) in [5.41, 5.74) is 5.72. The Labute approximate surface area is 140 Å². The predicted molar refractivity (Wildman–Crippen MR) is 93.3 cm³/mol. The minimum absolute atomic E-state index is 0.109. The van der Waals surface area contributed by atoms with E-state index < -0.39 is 0 Å². The maximum atomic E-state index is 7.30. The van der Waals surface area contributed by atoms with Gasteiger partial charge in [-0.25, -0.2) is 0 Å². The summed E-state index contributed by atoms with van der Waals surface area (Å²) in [7, 11) is 1.83. The summed E-state index contributed by atoms with van der Waals surface area (Å²) in [5, 5.41) is 10.7. The standard InChI is InChI=1S/C17H32BN3O2/c1-16(2)11-9-12(16)15-17(3,10-11)23-18(22-15)13(21-4)7-5-6-8-14(19)20/h11-13,15,21H,5-10H2,1-4H3,(H3,19,20). The molecule has 4 N–H and O–H groups in total. The van der Waals surface area contributed by atoms with Crippen LogP contribution < -0.4 is 11.1 Å². The summed E-state index contributed by atoms with van der Waals surface area (Å²) in [4.78, 5) is 0. The molecule has 2 bridgehead atoms. The van der Waals surface area contributed by atoms with Crippen molar-refractivity contribution in [1.29, 1.82) is 5.41 Å². The van der Waals surface area contributed by atoms with E-state index in [9.17, 15) is 0 Å². The van der Waals surface area contributed by atoms with Crippen molar-refractivity contribution in [3.8, 4) is 0 Å². The van der Waals surface area contributed by atoms with E-state index in [0.717, 1.165) is 31.6 Å². The molecule has 130 valence electrons. The van der Waals surface area contributed by atoms with E-state index in [1.54, 1.807) is 0 Å². The van der Waals surface area contributed by atoms with Crippen molar-refractivity contribution in [2.24, 2.45) is 23.0 Å². The molecule has 3 saturated carbocycles. The second-order valence-corrected chi connectivity index (χ2v) is 8.59. The van der Waals surface area contributed by atoms with Gasteiger partial charge in [-0.15, -0.1) is 0 Å². The van der Waals surface area contributed by atoms with Crippen LogP contribution in [-0.4, -0.2) is 37.6 Å². The highest BCUT2D eigenvalue weighted by Gasteiger charge is 2.67. The normalized spacial score (nSPS) is 38.8. The second kappa shape index (κ2) is 6.05. The van der Waals surface area contributed by atoms with E-state index in [4.69, 9.17) is 20.5 Å². The maximum Gasteiger partial charge on any atom is 0.475 e. The molecule has 4 rings (SSSR count). The van der Waals surface area contributed by atoms with Crippen molar-refractivity contribution in [3.63, 3.8) is 0 Å². The van der Waals surface area contributed by atoms with Gasteiger partial charge in [0.15, 0.2) is 0 Å². The summed E-state index contributed by atoms with van der Waals surface area (Å²) < 4.78 is 12.9. The first kappa shape index (κ1) is 17.2. The lowest BCUT2D eigenvalue weighted by molar-refractivity contribution is -0.185. The predicted octanol–water partition coefficient (Wildman–Crippen LogP) is 2.34. The van der Waals surface area contributed by atoms with Crippen LogP contribution in [-0.2, 0) is 9.31 Å². The second-order valence-electron chi connectivity index (χ2n) is 8.59. The van der Waals surface area contributed by atoms with Gasteiger partial charge >= 0.3 is 7.12 Å². The molecule has 6 heteroatoms. The first-order chi connectivity index (χ1) is 10.8. The first-order valence-corrected chi connectivity index (χ1v) is 9.11. The zero-order valence-electron chi connectivity index (χ0n) is 15.0. The van der Waals surface area contributed by atoms with Gasteiger partial charge in [-0.05, 0) is 56.9 Å². The number of amidine groups is 1. The monoisotopic (exact) mass is 321 g/mol. The molecule has 5 nitrogen and oxygen atoms in total. The Morgan fingerprint density at radius 2 is 2.13 bits per heavy atom. The van der Waals surface area contributed by atoms with Crippen LogP contribution >= 0.6 is 0 Å². The zero-order valence-corrected chi connectivity index (χ0v) is 15.0. The summed E-state index contributed by atoms with van der Waals surface area (Å²) >= 11 is 0. The third-order valence-corrected chi connectivity index (χ3v) is 6.74. The van der Waals surface area contributed by atoms with E-state index >= 15 is 0 Å². The largest absolute Gasteiger partial charge is 0.475 e. The first-order valence-electron chi connectivity index (χ1n) is 9.11. The van der Waals surface area contributed by atoms with Gasteiger partial charge < -0.3 is 20.4 Å². The molecule has 23 heavy (non-hydrogen) atoms. The molecule has 0 aromatic rings. The van der Waals surface area contributed by atoms with Crippen LogP contribution in [0.3, 0.4) is 0 Å². The smallest absolute Gasteiger partial charge is 0.404 e. The number of unbranched alkanes of at least 4 members (excludes halogenated alkanes) is 1. The lowest BCUT2D eigenvalue weighted by Gasteiger charge is -2.63. The molecule has 0 radical (unpaired) electrons. The van der Waals surface area contributed by atoms with Crippen molar-refractivity contribution in [2.45, 2.75) is 76.9 Å². The quantitative estimate of drug-likeness (QED) is 0.291. The summed E-state index contributed by atoms with van der Waals surface area (Å²) in [6.07, 6.45) is 6.33. The molecule has 1 aliphatic heterocycles. The summed E-state index contributed by atoms with van der Waals surface area (Å²) in [6, 6.07) is 0. The van der Waals surface area contributed by atoms with Gasteiger partial charge in [0.25, 0.3) is 0 Å². The Morgan fingerprint density at radius 1 is 1.39 bits per heavy atom. The van der Waals surface area contributed by atoms with Crippen molar-refractivity contribution in [2.75, 3.05) is 7.05 Å². The molecule has 5 unspecified atom stereocenters. The average molecular weight is 321 g/mol. The van der Waals surface area contributed by atoms with Crippen LogP contribution in [0.2, 0.25) is 0 Å². The molecule has 1 saturated heterocycles. The number of nitrogens with one attached hydrogen (secondary N) is 2. The highest BCUT2D eigenvalue weighted by molar-refractivity contribution is 6.47. The van der Waals surface area contributed by atoms with Crippen molar-refractivity contribution in [3.05, 3.63) is 0 Å². The molecule has 4 fully saturated rings. The Kier molecular flexibility index (Phi) is 4.53. The highest BCUT2D eigenvalue weighted by atomic mass is 16.7. The maximum absolute atomic E-state index is 7.30. The molecule has 1 heterocycles. The highest BCUT2D eigenvalue weighted by Crippen LogP contribution is 2.64. The van der Waals surface area contributed by atoms with Crippen molar-refractivity contribution < 1.29 is 9.31 Å². The van der Waals surface area contributed by atoms with E-state index in [-0.39, 0.29) is 30.6 Å². The lowest BCUT2D eigenvalue weighted by Crippen LogP contribution is -2.63. The summed E-state index contributed by atoms with van der Waals surface area (Å²) in [5.74, 6) is 1.90. The van der Waals surface area contributed by atoms with Crippen molar-refractivity contribution in [1.82, 2.24) is 5.32 Å². The van der Waals surface area contributed by atoms with Gasteiger partial charge in [0.05, 0.1) is 17.5 Å². The molecule has 5 atom stereocenters. The Balaban J connectivity index is 1.58. The topological polar surface area (TPSA) is 80.4 Å². The Hall–Kier alpha value is -0.585. The van der Waals surface area contributed by atoms with Gasteiger partial charge in [-0.1, -0.05) is 20.3 Å². The molecular weight excluding hydrogens is 289 g/mol. The lowest BCUT2D eigenvalue weighted by atomic mass is 9.45. The van der Waals surface area contributed by atoms with E-state index in [0.29, 0.717) is 17.8 Å². The molecule has 0 spiro atoms. The fraction of sp³-hybridized carbons (Fsp3) is 0.941. The number of nitrogens with two attached hydrogens (primary N) is 1. The minimum atomic E-state index is -0.150. The SMILES string of the molecule is CNC(CCCCC(=N)N)B1OC2C3CC(CC2(C)O1)C3(C)C. The van der Waals surface area contributed by atoms with Crippen LogP contribution in [0, 0.1) is 22.7 Å². The fourth-order valence-electron chi connectivity index (χ4n) is 5.01. The Bertz CT molecular complexity index is 473. The third kappa shape index (κ3) is 2.94. The number of hydrogen-bond acceptors (Lipinski definition) is 4. The van der Waals surface area contributed by atoms with Crippen LogP contribution in [0.5, 0.6) is 0 Å². The third-order valence-electron chi connectivity index (χ3n) is 6.74. The van der Waals surface area contributed by atoms with Gasteiger partial charge in [0, 0.05) is 12.4 Å². The van der Waals surface area contributed by atoms with Gasteiger partial charge in [-0.3, -0.25) is 5.41 Å². The van der Waals surface area contributed by atoms with Crippen LogP contribution in [0.15, 0.2) is 0 Å². The molecule has 0 aromatic heterocycles. The zero-order chi connectivity index (χ0) is 16.8. The van der Waals surface area contributed by atoms with Crippen LogP contribution in [0.4, 0.5) is 0 Å². The van der Waals surface area contributed by atoms with Crippen LogP contribution in [0.1, 0.15) is 59.3 Å². The van der Waals surface area contributed by atoms with Gasteiger partial charge in [0.2, 0.25) is 0 Å². The van der Waals surface area contributed by atoms with Crippen molar-refractivity contribution >= 4 is 13.0 Å². The molecule has 0 amide bonds. The minimum Gasteiger partial charge on any atom is -0.404 e. The molecular formula is C17H32BN3O2. The Morgan fingerprint density at radius 3 is 2.74 bits per heavy atom. The fourth-order valence-corrected chi connectivity index (χ4v) is 5.01. The van der Waals surface area contributed by atoms with E-state index in [1.807, 2.05) is 7.05 Å². The molecule has 0 aromatic carbocycles. The number of hydrogen-bond donors (Lipinski definition) is 3. The number of rotatable bonds is 7. The molecule has 3 aliphatic carbocycles. The average Bonchev–Trinajstić information content (AvgIpc) is 2.83. The summed E-state index contributed by atoms with van der Waals surface area (Å²) in [6.45, 7) is 7.02.